The fourth-order valence-corrected chi connectivity index (χ4v) is 0.960. The first kappa shape index (κ1) is 17.3. The van der Waals surface area contributed by atoms with Crippen LogP contribution in [0.3, 0.4) is 0 Å². The quantitative estimate of drug-likeness (QED) is 0.768. The SMILES string of the molecule is CC(O)(CC(O)(C(F)(F)F)C(F)(F)F)C(F)(F)F. The van der Waals surface area contributed by atoms with E-state index in [0.717, 1.165) is 0 Å². The van der Waals surface area contributed by atoms with Gasteiger partial charge in [0, 0.05) is 6.42 Å². The van der Waals surface area contributed by atoms with Gasteiger partial charge in [-0.05, 0) is 6.92 Å². The molecule has 0 rings (SSSR count). The van der Waals surface area contributed by atoms with Crippen LogP contribution in [0.4, 0.5) is 39.5 Å². The van der Waals surface area contributed by atoms with Crippen LogP contribution in [0, 0.1) is 0 Å². The molecule has 0 aliphatic carbocycles. The van der Waals surface area contributed by atoms with Crippen molar-refractivity contribution in [1.29, 1.82) is 0 Å². The Morgan fingerprint density at radius 1 is 0.667 bits per heavy atom. The van der Waals surface area contributed by atoms with Gasteiger partial charge in [-0.15, -0.1) is 0 Å². The van der Waals surface area contributed by atoms with Gasteiger partial charge >= 0.3 is 18.5 Å². The molecule has 18 heavy (non-hydrogen) atoms. The Balaban J connectivity index is 5.58. The van der Waals surface area contributed by atoms with E-state index >= 15 is 0 Å². The minimum atomic E-state index is -6.42. The fourth-order valence-electron chi connectivity index (χ4n) is 0.960. The molecule has 0 bridgehead atoms. The third-order valence-electron chi connectivity index (χ3n) is 2.15. The Labute approximate surface area is 94.0 Å². The Morgan fingerprint density at radius 2 is 0.944 bits per heavy atom. The van der Waals surface area contributed by atoms with Crippen LogP contribution < -0.4 is 0 Å². The lowest BCUT2D eigenvalue weighted by Crippen LogP contribution is -2.62. The average molecular weight is 294 g/mol. The largest absolute Gasteiger partial charge is 0.426 e. The van der Waals surface area contributed by atoms with Crippen molar-refractivity contribution in [2.24, 2.45) is 0 Å². The van der Waals surface area contributed by atoms with Gasteiger partial charge in [0.1, 0.15) is 0 Å². The van der Waals surface area contributed by atoms with Crippen molar-refractivity contribution in [3.63, 3.8) is 0 Å². The summed E-state index contributed by atoms with van der Waals surface area (Å²) in [6, 6.07) is 0. The summed E-state index contributed by atoms with van der Waals surface area (Å²) in [5, 5.41) is 17.1. The highest BCUT2D eigenvalue weighted by Gasteiger charge is 2.74. The molecule has 0 spiro atoms. The van der Waals surface area contributed by atoms with Crippen LogP contribution in [-0.4, -0.2) is 39.9 Å². The highest BCUT2D eigenvalue weighted by atomic mass is 19.4. The number of hydrogen-bond donors (Lipinski definition) is 2. The summed E-state index contributed by atoms with van der Waals surface area (Å²) >= 11 is 0. The summed E-state index contributed by atoms with van der Waals surface area (Å²) in [7, 11) is 0. The lowest BCUT2D eigenvalue weighted by Gasteiger charge is -2.38. The second kappa shape index (κ2) is 4.15. The van der Waals surface area contributed by atoms with Crippen molar-refractivity contribution in [3.8, 4) is 0 Å². The molecule has 0 aliphatic heterocycles. The molecular formula is C7H7F9O2. The Bertz CT molecular complexity index is 284. The molecule has 2 nitrogen and oxygen atoms in total. The summed E-state index contributed by atoms with van der Waals surface area (Å²) < 4.78 is 109. The van der Waals surface area contributed by atoms with E-state index in [1.807, 2.05) is 0 Å². The smallest absolute Gasteiger partial charge is 0.381 e. The van der Waals surface area contributed by atoms with Crippen LogP contribution in [0.25, 0.3) is 0 Å². The molecule has 0 saturated carbocycles. The van der Waals surface area contributed by atoms with Crippen molar-refractivity contribution in [3.05, 3.63) is 0 Å². The van der Waals surface area contributed by atoms with E-state index in [1.165, 1.54) is 0 Å². The molecule has 0 amide bonds. The summed E-state index contributed by atoms with van der Waals surface area (Å²) in [5.74, 6) is 0. The van der Waals surface area contributed by atoms with Crippen LogP contribution in [-0.2, 0) is 0 Å². The monoisotopic (exact) mass is 294 g/mol. The zero-order valence-electron chi connectivity index (χ0n) is 8.50. The average Bonchev–Trinajstić information content (AvgIpc) is 1.95. The second-order valence-corrected chi connectivity index (χ2v) is 3.80. The van der Waals surface area contributed by atoms with Gasteiger partial charge in [0.05, 0.1) is 0 Å². The standard InChI is InChI=1S/C7H7F9O2/c1-3(17,5(8,9)10)2-4(18,6(11,12)13)7(14,15)16/h17-18H,2H2,1H3. The normalized spacial score (nSPS) is 18.7. The van der Waals surface area contributed by atoms with Gasteiger partial charge in [-0.1, -0.05) is 0 Å². The molecule has 0 radical (unpaired) electrons. The maximum Gasteiger partial charge on any atom is 0.426 e. The molecule has 0 aromatic carbocycles. The third-order valence-corrected chi connectivity index (χ3v) is 2.15. The predicted molar refractivity (Wildman–Crippen MR) is 38.4 cm³/mol. The van der Waals surface area contributed by atoms with Gasteiger partial charge in [-0.25, -0.2) is 0 Å². The molecule has 110 valence electrons. The number of hydrogen-bond acceptors (Lipinski definition) is 2. The van der Waals surface area contributed by atoms with E-state index in [0.29, 0.717) is 0 Å². The molecule has 1 unspecified atom stereocenters. The molecule has 0 aliphatic rings. The Morgan fingerprint density at radius 3 is 1.11 bits per heavy atom. The van der Waals surface area contributed by atoms with Gasteiger partial charge in [-0.2, -0.15) is 39.5 Å². The molecule has 0 saturated heterocycles. The highest BCUT2D eigenvalue weighted by Crippen LogP contribution is 2.49. The molecule has 2 N–H and O–H groups in total. The minimum absolute atomic E-state index is 0.296. The van der Waals surface area contributed by atoms with Crippen molar-refractivity contribution in [1.82, 2.24) is 0 Å². The van der Waals surface area contributed by atoms with Crippen molar-refractivity contribution in [2.75, 3.05) is 0 Å². The van der Waals surface area contributed by atoms with E-state index in [2.05, 4.69) is 0 Å². The number of rotatable bonds is 2. The van der Waals surface area contributed by atoms with Crippen molar-refractivity contribution >= 4 is 0 Å². The second-order valence-electron chi connectivity index (χ2n) is 3.80. The van der Waals surface area contributed by atoms with Gasteiger partial charge in [-0.3, -0.25) is 0 Å². The van der Waals surface area contributed by atoms with Gasteiger partial charge < -0.3 is 10.2 Å². The zero-order chi connectivity index (χ0) is 15.2. The molecule has 1 atom stereocenters. The maximum absolute atomic E-state index is 12.1. The van der Waals surface area contributed by atoms with E-state index in [9.17, 15) is 39.5 Å². The van der Waals surface area contributed by atoms with E-state index < -0.39 is 36.2 Å². The molecular weight excluding hydrogens is 287 g/mol. The zero-order valence-corrected chi connectivity index (χ0v) is 8.50. The number of alkyl halides is 9. The van der Waals surface area contributed by atoms with Crippen molar-refractivity contribution in [2.45, 2.75) is 43.1 Å². The van der Waals surface area contributed by atoms with Crippen LogP contribution in [0.1, 0.15) is 13.3 Å². The molecule has 11 heteroatoms. The topological polar surface area (TPSA) is 40.5 Å². The molecule has 0 aromatic heterocycles. The lowest BCUT2D eigenvalue weighted by atomic mass is 9.86. The molecule has 0 fully saturated rings. The van der Waals surface area contributed by atoms with E-state index in [-0.39, 0.29) is 6.92 Å². The first-order valence-corrected chi connectivity index (χ1v) is 4.11. The summed E-state index contributed by atoms with van der Waals surface area (Å²) in [6.45, 7) is -0.296. The first-order chi connectivity index (χ1) is 7.46. The van der Waals surface area contributed by atoms with E-state index in [1.54, 1.807) is 0 Å². The highest BCUT2D eigenvalue weighted by molar-refractivity contribution is 5.01. The van der Waals surface area contributed by atoms with Gasteiger partial charge in [0.25, 0.3) is 5.60 Å². The van der Waals surface area contributed by atoms with Gasteiger partial charge in [0.15, 0.2) is 5.60 Å². The summed E-state index contributed by atoms with van der Waals surface area (Å²) in [4.78, 5) is 0. The maximum atomic E-state index is 12.1. The van der Waals surface area contributed by atoms with Crippen molar-refractivity contribution < 1.29 is 49.7 Å². The Kier molecular flexibility index (Phi) is 3.99. The van der Waals surface area contributed by atoms with Gasteiger partial charge in [0.2, 0.25) is 0 Å². The lowest BCUT2D eigenvalue weighted by molar-refractivity contribution is -0.389. The predicted octanol–water partition coefficient (Wildman–Crippen LogP) is 2.55. The summed E-state index contributed by atoms with van der Waals surface area (Å²) in [6.07, 6.45) is -21.6. The first-order valence-electron chi connectivity index (χ1n) is 4.11. The molecule has 0 aromatic rings. The minimum Gasteiger partial charge on any atom is -0.381 e. The summed E-state index contributed by atoms with van der Waals surface area (Å²) in [5.41, 5.74) is -10.0. The Hall–Kier alpha value is -0.710. The van der Waals surface area contributed by atoms with Crippen LogP contribution >= 0.6 is 0 Å². The third kappa shape index (κ3) is 2.99. The number of aliphatic hydroxyl groups is 2. The number of halogens is 9. The molecule has 0 heterocycles. The van der Waals surface area contributed by atoms with Crippen LogP contribution in [0.15, 0.2) is 0 Å². The van der Waals surface area contributed by atoms with E-state index in [4.69, 9.17) is 10.2 Å². The van der Waals surface area contributed by atoms with Crippen LogP contribution in [0.5, 0.6) is 0 Å². The fraction of sp³-hybridized carbons (Fsp3) is 1.00. The van der Waals surface area contributed by atoms with Crippen LogP contribution in [0.2, 0.25) is 0 Å².